The summed E-state index contributed by atoms with van der Waals surface area (Å²) in [7, 11) is 0. The first-order valence-electron chi connectivity index (χ1n) is 8.88. The Hall–Kier alpha value is -2.40. The van der Waals surface area contributed by atoms with E-state index in [2.05, 4.69) is 0 Å². The highest BCUT2D eigenvalue weighted by atomic mass is 35.5. The van der Waals surface area contributed by atoms with Gasteiger partial charge in [-0.25, -0.2) is 4.39 Å². The van der Waals surface area contributed by atoms with Crippen LogP contribution in [0.1, 0.15) is 34.3 Å². The van der Waals surface area contributed by atoms with Crippen LogP contribution in [0.5, 0.6) is 5.75 Å². The number of aryl methyl sites for hydroxylation is 2. The van der Waals surface area contributed by atoms with Gasteiger partial charge in [-0.3, -0.25) is 9.59 Å². The number of carbonyl (C=O) groups excluding carboxylic acids is 2. The quantitative estimate of drug-likeness (QED) is 0.571. The summed E-state index contributed by atoms with van der Waals surface area (Å²) in [6.07, 6.45) is 1.38. The minimum absolute atomic E-state index is 0.203. The monoisotopic (exact) mass is 389 g/mol. The molecular weight excluding hydrogens is 369 g/mol. The zero-order chi connectivity index (χ0) is 19.6. The van der Waals surface area contributed by atoms with Crippen LogP contribution in [-0.4, -0.2) is 29.9 Å². The Morgan fingerprint density at radius 1 is 1.15 bits per heavy atom. The zero-order valence-corrected chi connectivity index (χ0v) is 16.1. The van der Waals surface area contributed by atoms with Gasteiger partial charge in [0.15, 0.2) is 0 Å². The average molecular weight is 390 g/mol. The Labute approximate surface area is 162 Å². The van der Waals surface area contributed by atoms with Crippen LogP contribution in [0.25, 0.3) is 0 Å². The molecule has 1 amide bonds. The normalized spacial score (nSPS) is 16.9. The average Bonchev–Trinajstić information content (AvgIpc) is 2.66. The number of esters is 1. The largest absolute Gasteiger partial charge is 0.426 e. The number of hydrogen-bond acceptors (Lipinski definition) is 3. The lowest BCUT2D eigenvalue weighted by Gasteiger charge is -2.31. The summed E-state index contributed by atoms with van der Waals surface area (Å²) in [5.41, 5.74) is 2.10. The highest BCUT2D eigenvalue weighted by molar-refractivity contribution is 6.32. The number of carbonyl (C=O) groups is 2. The van der Waals surface area contributed by atoms with Gasteiger partial charge in [-0.2, -0.15) is 0 Å². The number of halogens is 2. The van der Waals surface area contributed by atoms with E-state index in [4.69, 9.17) is 16.3 Å². The van der Waals surface area contributed by atoms with Gasteiger partial charge in [0.25, 0.3) is 5.91 Å². The van der Waals surface area contributed by atoms with E-state index in [-0.39, 0.29) is 23.6 Å². The van der Waals surface area contributed by atoms with Crippen LogP contribution in [0.2, 0.25) is 5.02 Å². The fraction of sp³-hybridized carbons (Fsp3) is 0.333. The Kier molecular flexibility index (Phi) is 5.80. The van der Waals surface area contributed by atoms with Crippen LogP contribution in [0.4, 0.5) is 4.39 Å². The molecule has 142 valence electrons. The second kappa shape index (κ2) is 8.09. The molecule has 4 nitrogen and oxygen atoms in total. The molecular formula is C21H21ClFNO3. The van der Waals surface area contributed by atoms with Gasteiger partial charge in [-0.15, -0.1) is 0 Å². The van der Waals surface area contributed by atoms with E-state index in [1.54, 1.807) is 17.0 Å². The lowest BCUT2D eigenvalue weighted by molar-refractivity contribution is -0.140. The van der Waals surface area contributed by atoms with Crippen molar-refractivity contribution in [3.63, 3.8) is 0 Å². The van der Waals surface area contributed by atoms with Gasteiger partial charge >= 0.3 is 5.97 Å². The highest BCUT2D eigenvalue weighted by Crippen LogP contribution is 2.27. The van der Waals surface area contributed by atoms with Crippen LogP contribution >= 0.6 is 11.6 Å². The molecule has 2 aromatic rings. The minimum Gasteiger partial charge on any atom is -0.426 e. The maximum atomic E-state index is 13.1. The molecule has 1 fully saturated rings. The van der Waals surface area contributed by atoms with Crippen molar-refractivity contribution in [2.45, 2.75) is 26.7 Å². The summed E-state index contributed by atoms with van der Waals surface area (Å²) in [5, 5.41) is 0.656. The van der Waals surface area contributed by atoms with Crippen LogP contribution in [0.3, 0.4) is 0 Å². The van der Waals surface area contributed by atoms with Crippen LogP contribution in [0.15, 0.2) is 36.4 Å². The van der Waals surface area contributed by atoms with Gasteiger partial charge < -0.3 is 9.64 Å². The van der Waals surface area contributed by atoms with Crippen molar-refractivity contribution in [3.05, 3.63) is 63.9 Å². The summed E-state index contributed by atoms with van der Waals surface area (Å²) < 4.78 is 18.6. The van der Waals surface area contributed by atoms with Crippen molar-refractivity contribution in [1.29, 1.82) is 0 Å². The Bertz CT molecular complexity index is 843. The van der Waals surface area contributed by atoms with Gasteiger partial charge in [0, 0.05) is 23.7 Å². The van der Waals surface area contributed by atoms with Crippen molar-refractivity contribution in [3.8, 4) is 5.75 Å². The number of nitrogens with zero attached hydrogens (tertiary/aromatic N) is 1. The molecule has 0 saturated carbocycles. The number of amides is 1. The number of rotatable bonds is 3. The third kappa shape index (κ3) is 4.48. The number of benzene rings is 2. The fourth-order valence-electron chi connectivity index (χ4n) is 3.29. The molecule has 1 aliphatic rings. The molecule has 1 unspecified atom stereocenters. The number of ether oxygens (including phenoxy) is 1. The van der Waals surface area contributed by atoms with Gasteiger partial charge in [0.05, 0.1) is 5.92 Å². The van der Waals surface area contributed by atoms with E-state index in [1.165, 1.54) is 24.3 Å². The van der Waals surface area contributed by atoms with E-state index in [0.717, 1.165) is 11.1 Å². The summed E-state index contributed by atoms with van der Waals surface area (Å²) >= 11 is 6.15. The highest BCUT2D eigenvalue weighted by Gasteiger charge is 2.30. The zero-order valence-electron chi connectivity index (χ0n) is 15.3. The van der Waals surface area contributed by atoms with E-state index in [1.807, 2.05) is 13.8 Å². The molecule has 0 aromatic heterocycles. The fourth-order valence-corrected chi connectivity index (χ4v) is 3.40. The Balaban J connectivity index is 1.67. The van der Waals surface area contributed by atoms with Crippen LogP contribution in [0, 0.1) is 25.6 Å². The lowest BCUT2D eigenvalue weighted by atomic mass is 9.97. The molecule has 0 bridgehead atoms. The SMILES string of the molecule is Cc1cc(OC(=O)C2CCCN(C(=O)c3ccc(F)cc3)C2)cc(C)c1Cl. The third-order valence-corrected chi connectivity index (χ3v) is 5.36. The van der Waals surface area contributed by atoms with Crippen molar-refractivity contribution < 1.29 is 18.7 Å². The first-order chi connectivity index (χ1) is 12.8. The molecule has 6 heteroatoms. The van der Waals surface area contributed by atoms with Crippen LogP contribution < -0.4 is 4.74 Å². The molecule has 1 heterocycles. The smallest absolute Gasteiger partial charge is 0.316 e. The third-order valence-electron chi connectivity index (χ3n) is 4.76. The number of likely N-dealkylation sites (tertiary alicyclic amines) is 1. The van der Waals surface area contributed by atoms with Crippen molar-refractivity contribution in [1.82, 2.24) is 4.90 Å². The Morgan fingerprint density at radius 3 is 2.41 bits per heavy atom. The van der Waals surface area contributed by atoms with Crippen molar-refractivity contribution in [2.75, 3.05) is 13.1 Å². The van der Waals surface area contributed by atoms with Gasteiger partial charge in [-0.05, 0) is 74.2 Å². The Morgan fingerprint density at radius 2 is 1.78 bits per heavy atom. The maximum Gasteiger partial charge on any atom is 0.316 e. The molecule has 3 rings (SSSR count). The first-order valence-corrected chi connectivity index (χ1v) is 9.26. The molecule has 27 heavy (non-hydrogen) atoms. The van der Waals surface area contributed by atoms with Gasteiger partial charge in [-0.1, -0.05) is 11.6 Å². The second-order valence-corrected chi connectivity index (χ2v) is 7.27. The minimum atomic E-state index is -0.389. The van der Waals surface area contributed by atoms with Crippen LogP contribution in [-0.2, 0) is 4.79 Å². The molecule has 0 spiro atoms. The standard InChI is InChI=1S/C21H21ClFNO3/c1-13-10-18(11-14(2)19(13)22)27-21(26)16-4-3-9-24(12-16)20(25)15-5-7-17(23)8-6-15/h5-8,10-11,16H,3-4,9,12H2,1-2H3. The van der Waals surface area contributed by atoms with E-state index in [0.29, 0.717) is 42.3 Å². The molecule has 1 atom stereocenters. The van der Waals surface area contributed by atoms with Gasteiger partial charge in [0.2, 0.25) is 0 Å². The summed E-state index contributed by atoms with van der Waals surface area (Å²) in [6.45, 7) is 4.58. The molecule has 0 N–H and O–H groups in total. The predicted molar refractivity (Wildman–Crippen MR) is 102 cm³/mol. The topological polar surface area (TPSA) is 46.6 Å². The summed E-state index contributed by atoms with van der Waals surface area (Å²) in [5.74, 6) is -0.876. The number of piperidine rings is 1. The molecule has 1 aliphatic heterocycles. The molecule has 0 aliphatic carbocycles. The second-order valence-electron chi connectivity index (χ2n) is 6.89. The summed E-state index contributed by atoms with van der Waals surface area (Å²) in [4.78, 5) is 26.8. The van der Waals surface area contributed by atoms with Gasteiger partial charge in [0.1, 0.15) is 11.6 Å². The van der Waals surface area contributed by atoms with E-state index >= 15 is 0 Å². The van der Waals surface area contributed by atoms with E-state index < -0.39 is 0 Å². The number of hydrogen-bond donors (Lipinski definition) is 0. The predicted octanol–water partition coefficient (Wildman–Crippen LogP) is 4.55. The molecule has 2 aromatic carbocycles. The summed E-state index contributed by atoms with van der Waals surface area (Å²) in [6, 6.07) is 8.90. The maximum absolute atomic E-state index is 13.1. The van der Waals surface area contributed by atoms with Crippen molar-refractivity contribution in [2.24, 2.45) is 5.92 Å². The lowest BCUT2D eigenvalue weighted by Crippen LogP contribution is -2.43. The van der Waals surface area contributed by atoms with E-state index in [9.17, 15) is 14.0 Å². The molecule has 1 saturated heterocycles. The first kappa shape index (κ1) is 19.4. The van der Waals surface area contributed by atoms with Crippen molar-refractivity contribution >= 4 is 23.5 Å². The molecule has 0 radical (unpaired) electrons.